The number of hydrogen-bond donors (Lipinski definition) is 3. The Bertz CT molecular complexity index is 319. The Kier molecular flexibility index (Phi) is 6.31. The normalized spacial score (nSPS) is 35.3. The first-order valence-electron chi connectivity index (χ1n) is 7.32. The van der Waals surface area contributed by atoms with Crippen LogP contribution in [0.25, 0.3) is 0 Å². The molecule has 1 rings (SSSR count). The first-order chi connectivity index (χ1) is 8.98. The van der Waals surface area contributed by atoms with Gasteiger partial charge < -0.3 is 17.2 Å². The second-order valence-electron chi connectivity index (χ2n) is 6.40. The Morgan fingerprint density at radius 3 is 2.32 bits per heavy atom. The van der Waals surface area contributed by atoms with Crippen LogP contribution in [0.15, 0.2) is 11.6 Å². The molecule has 112 valence electrons. The van der Waals surface area contributed by atoms with Crippen molar-refractivity contribution >= 4 is 11.6 Å². The summed E-state index contributed by atoms with van der Waals surface area (Å²) >= 11 is 6.37. The van der Waals surface area contributed by atoms with Gasteiger partial charge in [0.1, 0.15) is 0 Å². The average molecular weight is 288 g/mol. The van der Waals surface area contributed by atoms with Crippen molar-refractivity contribution < 1.29 is 0 Å². The lowest BCUT2D eigenvalue weighted by molar-refractivity contribution is 0.0486. The topological polar surface area (TPSA) is 78.1 Å². The smallest absolute Gasteiger partial charge is 0.0318 e. The van der Waals surface area contributed by atoms with Crippen LogP contribution in [0.2, 0.25) is 0 Å². The van der Waals surface area contributed by atoms with Crippen molar-refractivity contribution in [2.75, 3.05) is 25.5 Å². The van der Waals surface area contributed by atoms with Crippen LogP contribution in [0, 0.1) is 16.7 Å². The fourth-order valence-electron chi connectivity index (χ4n) is 4.21. The van der Waals surface area contributed by atoms with Crippen molar-refractivity contribution in [1.29, 1.82) is 0 Å². The first kappa shape index (κ1) is 17.0. The van der Waals surface area contributed by atoms with Crippen LogP contribution in [-0.4, -0.2) is 25.5 Å². The van der Waals surface area contributed by atoms with E-state index in [1.54, 1.807) is 0 Å². The number of nitrogens with two attached hydrogens (primary N) is 3. The second-order valence-corrected chi connectivity index (χ2v) is 6.66. The summed E-state index contributed by atoms with van der Waals surface area (Å²) in [6.45, 7) is 6.61. The first-order valence-corrected chi connectivity index (χ1v) is 7.86. The summed E-state index contributed by atoms with van der Waals surface area (Å²) in [7, 11) is 0. The van der Waals surface area contributed by atoms with E-state index in [2.05, 4.69) is 19.9 Å². The zero-order chi connectivity index (χ0) is 14.5. The van der Waals surface area contributed by atoms with Crippen molar-refractivity contribution in [3.63, 3.8) is 0 Å². The Labute approximate surface area is 122 Å². The Balaban J connectivity index is 3.20. The van der Waals surface area contributed by atoms with Gasteiger partial charge in [0.05, 0.1) is 0 Å². The summed E-state index contributed by atoms with van der Waals surface area (Å²) in [5, 5.41) is 0. The van der Waals surface area contributed by atoms with Crippen LogP contribution >= 0.6 is 11.6 Å². The number of allylic oxidation sites excluding steroid dienone is 2. The lowest BCUT2D eigenvalue weighted by Gasteiger charge is -2.52. The fourth-order valence-corrected chi connectivity index (χ4v) is 4.60. The molecule has 0 aromatic carbocycles. The fraction of sp³-hybridized carbons (Fsp3) is 0.867. The molecule has 0 saturated carbocycles. The van der Waals surface area contributed by atoms with Crippen LogP contribution in [0.4, 0.5) is 0 Å². The quantitative estimate of drug-likeness (QED) is 0.496. The van der Waals surface area contributed by atoms with E-state index in [4.69, 9.17) is 28.8 Å². The minimum Gasteiger partial charge on any atom is -0.330 e. The molecule has 1 aliphatic carbocycles. The van der Waals surface area contributed by atoms with E-state index >= 15 is 0 Å². The number of halogens is 1. The molecule has 0 heterocycles. The summed E-state index contributed by atoms with van der Waals surface area (Å²) in [5.74, 6) is 1.09. The van der Waals surface area contributed by atoms with Gasteiger partial charge in [0.15, 0.2) is 0 Å². The van der Waals surface area contributed by atoms with Gasteiger partial charge in [-0.15, -0.1) is 11.6 Å². The molecule has 3 atom stereocenters. The molecular formula is C15H30ClN3. The minimum absolute atomic E-state index is 0.0120. The zero-order valence-electron chi connectivity index (χ0n) is 12.4. The molecule has 0 radical (unpaired) electrons. The van der Waals surface area contributed by atoms with Crippen molar-refractivity contribution in [2.45, 2.75) is 39.5 Å². The van der Waals surface area contributed by atoms with Crippen LogP contribution in [-0.2, 0) is 0 Å². The summed E-state index contributed by atoms with van der Waals surface area (Å²) in [4.78, 5) is 0. The highest BCUT2D eigenvalue weighted by Gasteiger charge is 2.48. The molecule has 3 unspecified atom stereocenters. The van der Waals surface area contributed by atoms with Gasteiger partial charge in [-0.3, -0.25) is 0 Å². The average Bonchev–Trinajstić information content (AvgIpc) is 2.34. The van der Waals surface area contributed by atoms with Gasteiger partial charge in [-0.2, -0.15) is 0 Å². The van der Waals surface area contributed by atoms with Crippen LogP contribution < -0.4 is 17.2 Å². The van der Waals surface area contributed by atoms with Crippen LogP contribution in [0.5, 0.6) is 0 Å². The third-order valence-corrected chi connectivity index (χ3v) is 5.28. The molecule has 0 bridgehead atoms. The third kappa shape index (κ3) is 3.52. The van der Waals surface area contributed by atoms with E-state index in [0.29, 0.717) is 31.4 Å². The minimum atomic E-state index is -0.0120. The zero-order valence-corrected chi connectivity index (χ0v) is 13.2. The molecular weight excluding hydrogens is 258 g/mol. The monoisotopic (exact) mass is 287 g/mol. The van der Waals surface area contributed by atoms with E-state index in [1.165, 1.54) is 5.57 Å². The van der Waals surface area contributed by atoms with Crippen LogP contribution in [0.3, 0.4) is 0 Å². The van der Waals surface area contributed by atoms with Gasteiger partial charge in [-0.1, -0.05) is 18.6 Å². The van der Waals surface area contributed by atoms with Crippen LogP contribution in [0.1, 0.15) is 39.5 Å². The molecule has 0 fully saturated rings. The Morgan fingerprint density at radius 1 is 1.21 bits per heavy atom. The van der Waals surface area contributed by atoms with Crippen molar-refractivity contribution in [3.05, 3.63) is 11.6 Å². The maximum atomic E-state index is 6.37. The SMILES string of the molecule is CC1=CC(CCl)(CCN)C(CCN)C(C)(CCN)C1. The standard InChI is InChI=1S/C15H30ClN3/c1-12-9-14(2,4-7-18)13(3-6-17)15(10-12,11-16)5-8-19/h10,13H,3-9,11,17-19H2,1-2H3. The third-order valence-electron chi connectivity index (χ3n) is 4.78. The predicted molar refractivity (Wildman–Crippen MR) is 84.1 cm³/mol. The van der Waals surface area contributed by atoms with Gasteiger partial charge in [0, 0.05) is 11.3 Å². The van der Waals surface area contributed by atoms with Gasteiger partial charge >= 0.3 is 0 Å². The predicted octanol–water partition coefficient (Wildman–Crippen LogP) is 2.23. The summed E-state index contributed by atoms with van der Waals surface area (Å²) in [6.07, 6.45) is 6.40. The molecule has 0 saturated heterocycles. The molecule has 0 aromatic rings. The van der Waals surface area contributed by atoms with Gasteiger partial charge in [-0.05, 0) is 63.6 Å². The molecule has 0 amide bonds. The Morgan fingerprint density at radius 2 is 1.84 bits per heavy atom. The highest BCUT2D eigenvalue weighted by atomic mass is 35.5. The molecule has 6 N–H and O–H groups in total. The molecule has 1 aliphatic rings. The van der Waals surface area contributed by atoms with E-state index in [-0.39, 0.29) is 10.8 Å². The molecule has 0 aliphatic heterocycles. The number of rotatable bonds is 7. The van der Waals surface area contributed by atoms with E-state index in [0.717, 1.165) is 25.7 Å². The van der Waals surface area contributed by atoms with Crippen molar-refractivity contribution in [1.82, 2.24) is 0 Å². The number of hydrogen-bond acceptors (Lipinski definition) is 3. The van der Waals surface area contributed by atoms with Gasteiger partial charge in [0.25, 0.3) is 0 Å². The molecule has 19 heavy (non-hydrogen) atoms. The Hall–Kier alpha value is -0.0900. The van der Waals surface area contributed by atoms with E-state index in [9.17, 15) is 0 Å². The van der Waals surface area contributed by atoms with E-state index in [1.807, 2.05) is 0 Å². The van der Waals surface area contributed by atoms with E-state index < -0.39 is 0 Å². The molecule has 3 nitrogen and oxygen atoms in total. The van der Waals surface area contributed by atoms with Crippen molar-refractivity contribution in [3.8, 4) is 0 Å². The summed E-state index contributed by atoms with van der Waals surface area (Å²) in [6, 6.07) is 0. The lowest BCUT2D eigenvalue weighted by atomic mass is 9.54. The number of alkyl halides is 1. The second kappa shape index (κ2) is 7.07. The van der Waals surface area contributed by atoms with Crippen molar-refractivity contribution in [2.24, 2.45) is 33.9 Å². The molecule has 0 aromatic heterocycles. The lowest BCUT2D eigenvalue weighted by Crippen LogP contribution is -2.47. The highest BCUT2D eigenvalue weighted by molar-refractivity contribution is 6.18. The van der Waals surface area contributed by atoms with Gasteiger partial charge in [0.2, 0.25) is 0 Å². The maximum Gasteiger partial charge on any atom is 0.0318 e. The largest absolute Gasteiger partial charge is 0.330 e. The van der Waals surface area contributed by atoms with Gasteiger partial charge in [-0.25, -0.2) is 0 Å². The molecule has 0 spiro atoms. The maximum absolute atomic E-state index is 6.37. The summed E-state index contributed by atoms with van der Waals surface area (Å²) in [5.41, 5.74) is 19.1. The summed E-state index contributed by atoms with van der Waals surface area (Å²) < 4.78 is 0. The highest BCUT2D eigenvalue weighted by Crippen LogP contribution is 2.55. The molecule has 4 heteroatoms.